The molecule has 1 amide bonds. The third-order valence-corrected chi connectivity index (χ3v) is 2.34. The Bertz CT molecular complexity index is 452. The zero-order valence-corrected chi connectivity index (χ0v) is 10.7. The van der Waals surface area contributed by atoms with Crippen LogP contribution in [0.1, 0.15) is 19.8 Å². The highest BCUT2D eigenvalue weighted by Gasteiger charge is 2.32. The van der Waals surface area contributed by atoms with E-state index in [1.165, 1.54) is 18.2 Å². The van der Waals surface area contributed by atoms with Gasteiger partial charge in [-0.25, -0.2) is 5.84 Å². The predicted molar refractivity (Wildman–Crippen MR) is 64.8 cm³/mol. The Morgan fingerprint density at radius 2 is 1.95 bits per heavy atom. The van der Waals surface area contributed by atoms with Crippen molar-refractivity contribution in [2.75, 3.05) is 0 Å². The smallest absolute Gasteiger partial charge is 0.487 e. The lowest BCUT2D eigenvalue weighted by molar-refractivity contribution is -0.275. The Morgan fingerprint density at radius 3 is 2.50 bits per heavy atom. The fourth-order valence-electron chi connectivity index (χ4n) is 1.44. The number of rotatable bonds is 6. The van der Waals surface area contributed by atoms with Gasteiger partial charge in [-0.05, 0) is 25.5 Å². The van der Waals surface area contributed by atoms with Gasteiger partial charge in [0.25, 0.3) is 0 Å². The maximum atomic E-state index is 12.2. The summed E-state index contributed by atoms with van der Waals surface area (Å²) >= 11 is 0. The van der Waals surface area contributed by atoms with E-state index >= 15 is 0 Å². The van der Waals surface area contributed by atoms with Crippen LogP contribution in [0, 0.1) is 0 Å². The summed E-state index contributed by atoms with van der Waals surface area (Å²) in [6, 6.07) is 5.45. The second-order valence-corrected chi connectivity index (χ2v) is 4.03. The first-order valence-electron chi connectivity index (χ1n) is 5.82. The van der Waals surface area contributed by atoms with Crippen molar-refractivity contribution < 1.29 is 27.4 Å². The molecule has 0 heterocycles. The molecule has 1 rings (SSSR count). The number of amides is 1. The van der Waals surface area contributed by atoms with E-state index in [0.29, 0.717) is 6.42 Å². The van der Waals surface area contributed by atoms with Crippen LogP contribution < -0.4 is 20.7 Å². The number of halogens is 3. The highest BCUT2D eigenvalue weighted by Crippen LogP contribution is 2.32. The lowest BCUT2D eigenvalue weighted by atomic mass is 10.2. The number of hydrogen-bond acceptors (Lipinski definition) is 4. The number of para-hydroxylation sites is 2. The van der Waals surface area contributed by atoms with Gasteiger partial charge >= 0.3 is 6.36 Å². The fraction of sp³-hybridized carbons (Fsp3) is 0.417. The Hall–Kier alpha value is -1.96. The summed E-state index contributed by atoms with van der Waals surface area (Å²) in [6.45, 7) is 1.63. The number of ether oxygens (including phenoxy) is 2. The van der Waals surface area contributed by atoms with Crippen LogP contribution in [0.4, 0.5) is 13.2 Å². The molecule has 1 aromatic carbocycles. The Kier molecular flexibility index (Phi) is 5.63. The van der Waals surface area contributed by atoms with Crippen LogP contribution in [-0.4, -0.2) is 18.4 Å². The Balaban J connectivity index is 2.65. The van der Waals surface area contributed by atoms with Gasteiger partial charge in [0.2, 0.25) is 5.91 Å². The van der Waals surface area contributed by atoms with Crippen LogP contribution in [0.2, 0.25) is 0 Å². The van der Waals surface area contributed by atoms with Gasteiger partial charge < -0.3 is 9.47 Å². The molecule has 20 heavy (non-hydrogen) atoms. The maximum absolute atomic E-state index is 12.2. The molecule has 3 N–H and O–H groups in total. The minimum atomic E-state index is -4.79. The number of nitrogens with two attached hydrogens (primary N) is 1. The molecular weight excluding hydrogens is 277 g/mol. The standard InChI is InChI=1S/C12H15F3N2O3/c1-8(6-7-11(18)17-16)19-9-4-2-3-5-10(9)20-12(13,14)15/h2-5,8H,6-7,16H2,1H3,(H,17,18). The summed E-state index contributed by atoms with van der Waals surface area (Å²) in [5.74, 6) is 4.09. The number of benzene rings is 1. The van der Waals surface area contributed by atoms with Gasteiger partial charge in [-0.3, -0.25) is 10.2 Å². The molecule has 0 aliphatic carbocycles. The van der Waals surface area contributed by atoms with E-state index in [1.54, 1.807) is 6.92 Å². The third-order valence-electron chi connectivity index (χ3n) is 2.34. The number of hydrogen-bond donors (Lipinski definition) is 2. The van der Waals surface area contributed by atoms with Crippen LogP contribution in [0.25, 0.3) is 0 Å². The van der Waals surface area contributed by atoms with Crippen molar-refractivity contribution >= 4 is 5.91 Å². The van der Waals surface area contributed by atoms with Gasteiger partial charge in [0.1, 0.15) is 0 Å². The summed E-state index contributed by atoms with van der Waals surface area (Å²) in [5, 5.41) is 0. The van der Waals surface area contributed by atoms with Gasteiger partial charge in [-0.2, -0.15) is 0 Å². The topological polar surface area (TPSA) is 73.6 Å². The van der Waals surface area contributed by atoms with Crippen molar-refractivity contribution in [1.82, 2.24) is 5.43 Å². The lowest BCUT2D eigenvalue weighted by Gasteiger charge is -2.18. The highest BCUT2D eigenvalue weighted by atomic mass is 19.4. The van der Waals surface area contributed by atoms with Gasteiger partial charge in [0.05, 0.1) is 6.10 Å². The van der Waals surface area contributed by atoms with Crippen molar-refractivity contribution in [3.05, 3.63) is 24.3 Å². The SMILES string of the molecule is CC(CCC(=O)NN)Oc1ccccc1OC(F)(F)F. The molecule has 1 atom stereocenters. The van der Waals surface area contributed by atoms with Gasteiger partial charge in [0.15, 0.2) is 11.5 Å². The van der Waals surface area contributed by atoms with Crippen LogP contribution in [0.5, 0.6) is 11.5 Å². The molecule has 0 bridgehead atoms. The third kappa shape index (κ3) is 5.79. The number of carbonyl (C=O) groups is 1. The van der Waals surface area contributed by atoms with Crippen molar-refractivity contribution in [3.8, 4) is 11.5 Å². The summed E-state index contributed by atoms with van der Waals surface area (Å²) in [7, 11) is 0. The van der Waals surface area contributed by atoms with Crippen molar-refractivity contribution in [2.24, 2.45) is 5.84 Å². The molecule has 0 aromatic heterocycles. The van der Waals surface area contributed by atoms with Crippen LogP contribution >= 0.6 is 0 Å². The molecule has 112 valence electrons. The molecule has 1 unspecified atom stereocenters. The molecule has 0 fully saturated rings. The minimum Gasteiger partial charge on any atom is -0.487 e. The molecule has 5 nitrogen and oxygen atoms in total. The van der Waals surface area contributed by atoms with Crippen molar-refractivity contribution in [2.45, 2.75) is 32.2 Å². The van der Waals surface area contributed by atoms with E-state index < -0.39 is 18.2 Å². The minimum absolute atomic E-state index is 0.0366. The lowest BCUT2D eigenvalue weighted by Crippen LogP contribution is -2.30. The zero-order chi connectivity index (χ0) is 15.2. The first-order chi connectivity index (χ1) is 9.31. The van der Waals surface area contributed by atoms with Gasteiger partial charge in [-0.15, -0.1) is 13.2 Å². The van der Waals surface area contributed by atoms with Crippen LogP contribution in [0.15, 0.2) is 24.3 Å². The molecular formula is C12H15F3N2O3. The molecule has 0 aliphatic heterocycles. The average Bonchev–Trinajstić information content (AvgIpc) is 2.36. The molecule has 0 radical (unpaired) electrons. The second kappa shape index (κ2) is 6.99. The summed E-state index contributed by atoms with van der Waals surface area (Å²) in [6.07, 6.45) is -4.84. The van der Waals surface area contributed by atoms with Gasteiger partial charge in [-0.1, -0.05) is 12.1 Å². The van der Waals surface area contributed by atoms with E-state index in [1.807, 2.05) is 5.43 Å². The maximum Gasteiger partial charge on any atom is 0.573 e. The molecule has 8 heteroatoms. The largest absolute Gasteiger partial charge is 0.573 e. The number of carbonyl (C=O) groups excluding carboxylic acids is 1. The Labute approximate surface area is 113 Å². The Morgan fingerprint density at radius 1 is 1.35 bits per heavy atom. The number of nitrogens with one attached hydrogen (secondary N) is 1. The molecule has 1 aromatic rings. The first-order valence-corrected chi connectivity index (χ1v) is 5.82. The molecule has 0 spiro atoms. The van der Waals surface area contributed by atoms with Crippen molar-refractivity contribution in [3.63, 3.8) is 0 Å². The zero-order valence-electron chi connectivity index (χ0n) is 10.7. The predicted octanol–water partition coefficient (Wildman–Crippen LogP) is 2.12. The first kappa shape index (κ1) is 16.1. The molecule has 0 aliphatic rings. The van der Waals surface area contributed by atoms with E-state index in [0.717, 1.165) is 6.07 Å². The van der Waals surface area contributed by atoms with Gasteiger partial charge in [0, 0.05) is 6.42 Å². The summed E-state index contributed by atoms with van der Waals surface area (Å²) in [5.41, 5.74) is 1.96. The van der Waals surface area contributed by atoms with E-state index in [2.05, 4.69) is 4.74 Å². The number of hydrazine groups is 1. The fourth-order valence-corrected chi connectivity index (χ4v) is 1.44. The van der Waals surface area contributed by atoms with Crippen LogP contribution in [0.3, 0.4) is 0 Å². The average molecular weight is 292 g/mol. The molecule has 0 saturated carbocycles. The van der Waals surface area contributed by atoms with E-state index in [-0.39, 0.29) is 18.1 Å². The van der Waals surface area contributed by atoms with Crippen LogP contribution in [-0.2, 0) is 4.79 Å². The van der Waals surface area contributed by atoms with E-state index in [4.69, 9.17) is 10.6 Å². The van der Waals surface area contributed by atoms with Crippen molar-refractivity contribution in [1.29, 1.82) is 0 Å². The summed E-state index contributed by atoms with van der Waals surface area (Å²) < 4.78 is 45.8. The monoisotopic (exact) mass is 292 g/mol. The van der Waals surface area contributed by atoms with E-state index in [9.17, 15) is 18.0 Å². The quantitative estimate of drug-likeness (QED) is 0.478. The molecule has 0 saturated heterocycles. The highest BCUT2D eigenvalue weighted by molar-refractivity contribution is 5.75. The normalized spacial score (nSPS) is 12.7. The number of alkyl halides is 3. The second-order valence-electron chi connectivity index (χ2n) is 4.03. The summed E-state index contributed by atoms with van der Waals surface area (Å²) in [4.78, 5) is 11.0.